The van der Waals surface area contributed by atoms with Crippen LogP contribution in [0.1, 0.15) is 28.9 Å². The molecule has 134 valence electrons. The summed E-state index contributed by atoms with van der Waals surface area (Å²) in [7, 11) is 1.66. The number of carbonyl (C=O) groups excluding carboxylic acids is 1. The molecule has 1 amide bonds. The highest BCUT2D eigenvalue weighted by Crippen LogP contribution is 2.31. The first kappa shape index (κ1) is 18.2. The fraction of sp³-hybridized carbons (Fsp3) is 0.167. The van der Waals surface area contributed by atoms with Gasteiger partial charge in [0.05, 0.1) is 16.5 Å². The highest BCUT2D eigenvalue weighted by atomic mass is 35.5. The summed E-state index contributed by atoms with van der Waals surface area (Å²) in [4.78, 5) is 28.0. The van der Waals surface area contributed by atoms with E-state index in [1.807, 2.05) is 6.92 Å². The monoisotopic (exact) mass is 391 g/mol. The van der Waals surface area contributed by atoms with E-state index in [9.17, 15) is 14.9 Å². The average Bonchev–Trinajstić information content (AvgIpc) is 3.03. The van der Waals surface area contributed by atoms with Gasteiger partial charge < -0.3 is 9.88 Å². The smallest absolute Gasteiger partial charge is 0.270 e. The molecule has 3 rings (SSSR count). The highest BCUT2D eigenvalue weighted by molar-refractivity contribution is 6.35. The van der Waals surface area contributed by atoms with E-state index in [1.165, 1.54) is 17.0 Å². The molecule has 0 aliphatic carbocycles. The molecule has 0 aliphatic heterocycles. The summed E-state index contributed by atoms with van der Waals surface area (Å²) in [5.41, 5.74) is 1.72. The second-order valence-corrected chi connectivity index (χ2v) is 6.79. The van der Waals surface area contributed by atoms with Gasteiger partial charge in [0.1, 0.15) is 0 Å². The van der Waals surface area contributed by atoms with E-state index in [0.29, 0.717) is 26.5 Å². The van der Waals surface area contributed by atoms with Gasteiger partial charge in [-0.05, 0) is 30.7 Å². The van der Waals surface area contributed by atoms with Crippen molar-refractivity contribution in [3.63, 3.8) is 0 Å². The van der Waals surface area contributed by atoms with Gasteiger partial charge in [0, 0.05) is 46.3 Å². The Morgan fingerprint density at radius 3 is 2.62 bits per heavy atom. The van der Waals surface area contributed by atoms with E-state index in [4.69, 9.17) is 23.2 Å². The fourth-order valence-electron chi connectivity index (χ4n) is 2.81. The predicted molar refractivity (Wildman–Crippen MR) is 102 cm³/mol. The number of hydrogen-bond donors (Lipinski definition) is 1. The lowest BCUT2D eigenvalue weighted by Crippen LogP contribution is -2.29. The standard InChI is InChI=1S/C18H15Cl2N3O3/c1-10(13-5-3-11(19)7-16(13)20)22(2)18(24)15-9-21-17-6-4-12(23(25)26)8-14(15)17/h3-10,21H,1-2H3. The van der Waals surface area contributed by atoms with Gasteiger partial charge in [0.2, 0.25) is 0 Å². The van der Waals surface area contributed by atoms with Crippen LogP contribution in [0.4, 0.5) is 5.69 Å². The number of non-ortho nitro benzene ring substituents is 1. The summed E-state index contributed by atoms with van der Waals surface area (Å²) in [5.74, 6) is -0.268. The number of halogens is 2. The lowest BCUT2D eigenvalue weighted by molar-refractivity contribution is -0.384. The first-order chi connectivity index (χ1) is 12.3. The fourth-order valence-corrected chi connectivity index (χ4v) is 3.38. The van der Waals surface area contributed by atoms with Gasteiger partial charge in [-0.25, -0.2) is 0 Å². The second-order valence-electron chi connectivity index (χ2n) is 5.95. The number of nitro benzene ring substituents is 1. The number of hydrogen-bond acceptors (Lipinski definition) is 3. The van der Waals surface area contributed by atoms with Crippen LogP contribution in [0.3, 0.4) is 0 Å². The van der Waals surface area contributed by atoms with Crippen molar-refractivity contribution < 1.29 is 9.72 Å². The van der Waals surface area contributed by atoms with Crippen LogP contribution in [0.25, 0.3) is 10.9 Å². The molecule has 26 heavy (non-hydrogen) atoms. The van der Waals surface area contributed by atoms with Crippen molar-refractivity contribution in [2.45, 2.75) is 13.0 Å². The number of nitrogens with one attached hydrogen (secondary N) is 1. The molecule has 2 aromatic carbocycles. The summed E-state index contributed by atoms with van der Waals surface area (Å²) in [6.45, 7) is 1.85. The molecule has 0 saturated carbocycles. The molecule has 1 unspecified atom stereocenters. The average molecular weight is 392 g/mol. The van der Waals surface area contributed by atoms with Crippen LogP contribution in [0.5, 0.6) is 0 Å². The van der Waals surface area contributed by atoms with Crippen LogP contribution in [0.15, 0.2) is 42.6 Å². The first-order valence-electron chi connectivity index (χ1n) is 7.77. The molecule has 1 N–H and O–H groups in total. The van der Waals surface area contributed by atoms with Crippen molar-refractivity contribution in [1.29, 1.82) is 0 Å². The Kier molecular flexibility index (Phi) is 4.89. The summed E-state index contributed by atoms with van der Waals surface area (Å²) < 4.78 is 0. The van der Waals surface area contributed by atoms with Crippen molar-refractivity contribution in [3.05, 3.63) is 73.9 Å². The van der Waals surface area contributed by atoms with E-state index in [2.05, 4.69) is 4.98 Å². The minimum Gasteiger partial charge on any atom is -0.360 e. The van der Waals surface area contributed by atoms with Gasteiger partial charge in [-0.3, -0.25) is 14.9 Å². The molecule has 1 aromatic heterocycles. The van der Waals surface area contributed by atoms with Crippen molar-refractivity contribution in [3.8, 4) is 0 Å². The van der Waals surface area contributed by atoms with E-state index in [1.54, 1.807) is 37.5 Å². The van der Waals surface area contributed by atoms with Crippen LogP contribution < -0.4 is 0 Å². The Morgan fingerprint density at radius 1 is 1.23 bits per heavy atom. The predicted octanol–water partition coefficient (Wildman–Crippen LogP) is 5.22. The molecule has 1 heterocycles. The number of rotatable bonds is 4. The third-order valence-corrected chi connectivity index (χ3v) is 4.98. The molecule has 0 aliphatic rings. The molecule has 0 radical (unpaired) electrons. The van der Waals surface area contributed by atoms with Gasteiger partial charge >= 0.3 is 0 Å². The molecule has 0 bridgehead atoms. The lowest BCUT2D eigenvalue weighted by Gasteiger charge is -2.26. The van der Waals surface area contributed by atoms with Gasteiger partial charge in [0.25, 0.3) is 11.6 Å². The molecular weight excluding hydrogens is 377 g/mol. The van der Waals surface area contributed by atoms with Crippen molar-refractivity contribution in [2.24, 2.45) is 0 Å². The Bertz CT molecular complexity index is 1020. The molecule has 0 spiro atoms. The van der Waals surface area contributed by atoms with Crippen LogP contribution >= 0.6 is 23.2 Å². The Hall–Kier alpha value is -2.57. The summed E-state index contributed by atoms with van der Waals surface area (Å²) >= 11 is 12.2. The number of aromatic amines is 1. The Morgan fingerprint density at radius 2 is 1.96 bits per heavy atom. The topological polar surface area (TPSA) is 79.2 Å². The number of amides is 1. The molecule has 0 saturated heterocycles. The molecule has 6 nitrogen and oxygen atoms in total. The molecule has 8 heteroatoms. The van der Waals surface area contributed by atoms with Crippen molar-refractivity contribution in [1.82, 2.24) is 9.88 Å². The van der Waals surface area contributed by atoms with Crippen molar-refractivity contribution >= 4 is 45.7 Å². The Labute approximate surface area is 159 Å². The third-order valence-electron chi connectivity index (χ3n) is 4.42. The minimum atomic E-state index is -0.486. The quantitative estimate of drug-likeness (QED) is 0.489. The lowest BCUT2D eigenvalue weighted by atomic mass is 10.1. The van der Waals surface area contributed by atoms with Crippen LogP contribution in [-0.4, -0.2) is 27.8 Å². The third kappa shape index (κ3) is 3.25. The molecule has 3 aromatic rings. The summed E-state index contributed by atoms with van der Waals surface area (Å²) in [6.07, 6.45) is 1.56. The molecule has 1 atom stereocenters. The number of benzene rings is 2. The zero-order valence-electron chi connectivity index (χ0n) is 14.0. The number of fused-ring (bicyclic) bond motifs is 1. The SMILES string of the molecule is CC(c1ccc(Cl)cc1Cl)N(C)C(=O)c1c[nH]c2ccc([N+](=O)[O-])cc12. The van der Waals surface area contributed by atoms with Crippen molar-refractivity contribution in [2.75, 3.05) is 7.05 Å². The normalized spacial score (nSPS) is 12.2. The van der Waals surface area contributed by atoms with E-state index < -0.39 is 4.92 Å². The van der Waals surface area contributed by atoms with Crippen LogP contribution in [-0.2, 0) is 0 Å². The van der Waals surface area contributed by atoms with Gasteiger partial charge in [-0.15, -0.1) is 0 Å². The largest absolute Gasteiger partial charge is 0.360 e. The number of carbonyl (C=O) groups is 1. The van der Waals surface area contributed by atoms with Crippen LogP contribution in [0, 0.1) is 10.1 Å². The van der Waals surface area contributed by atoms with E-state index in [-0.39, 0.29) is 17.6 Å². The maximum absolute atomic E-state index is 13.0. The number of H-pyrrole nitrogens is 1. The maximum Gasteiger partial charge on any atom is 0.270 e. The number of nitro groups is 1. The zero-order chi connectivity index (χ0) is 19.0. The van der Waals surface area contributed by atoms with Gasteiger partial charge in [0.15, 0.2) is 0 Å². The summed E-state index contributed by atoms with van der Waals surface area (Å²) in [6, 6.07) is 9.19. The van der Waals surface area contributed by atoms with Gasteiger partial charge in [-0.2, -0.15) is 0 Å². The first-order valence-corrected chi connectivity index (χ1v) is 8.53. The van der Waals surface area contributed by atoms with E-state index >= 15 is 0 Å². The Balaban J connectivity index is 1.96. The van der Waals surface area contributed by atoms with Crippen LogP contribution in [0.2, 0.25) is 10.0 Å². The number of aromatic nitrogens is 1. The highest BCUT2D eigenvalue weighted by Gasteiger charge is 2.24. The molecular formula is C18H15Cl2N3O3. The minimum absolute atomic E-state index is 0.0670. The maximum atomic E-state index is 13.0. The zero-order valence-corrected chi connectivity index (χ0v) is 15.5. The molecule has 0 fully saturated rings. The van der Waals surface area contributed by atoms with Gasteiger partial charge in [-0.1, -0.05) is 29.3 Å². The summed E-state index contributed by atoms with van der Waals surface area (Å²) in [5, 5.41) is 12.5. The second kappa shape index (κ2) is 6.97. The van der Waals surface area contributed by atoms with E-state index in [0.717, 1.165) is 5.56 Å². The number of nitrogens with zero attached hydrogens (tertiary/aromatic N) is 2.